The second kappa shape index (κ2) is 7.32. The lowest BCUT2D eigenvalue weighted by Crippen LogP contribution is -2.46. The lowest BCUT2D eigenvalue weighted by Gasteiger charge is -2.26. The summed E-state index contributed by atoms with van der Waals surface area (Å²) < 4.78 is 4.89. The van der Waals surface area contributed by atoms with Gasteiger partial charge in [-0.05, 0) is 25.5 Å². The molecule has 0 aliphatic heterocycles. The van der Waals surface area contributed by atoms with E-state index in [9.17, 15) is 14.4 Å². The summed E-state index contributed by atoms with van der Waals surface area (Å²) in [7, 11) is 0. The largest absolute Gasteiger partial charge is 0.480 e. The molecule has 7 nitrogen and oxygen atoms in total. The summed E-state index contributed by atoms with van der Waals surface area (Å²) in [5.74, 6) is -1.94. The molecule has 1 aromatic rings. The highest BCUT2D eigenvalue weighted by Gasteiger charge is 2.22. The Bertz CT molecular complexity index is 469. The van der Waals surface area contributed by atoms with Crippen LogP contribution in [0, 0.1) is 0 Å². The monoisotopic (exact) mass is 282 g/mol. The first kappa shape index (κ1) is 15.7. The Morgan fingerprint density at radius 3 is 2.65 bits per heavy atom. The van der Waals surface area contributed by atoms with Gasteiger partial charge in [0, 0.05) is 6.04 Å². The highest BCUT2D eigenvalue weighted by Crippen LogP contribution is 2.04. The van der Waals surface area contributed by atoms with Crippen LogP contribution in [0.25, 0.3) is 0 Å². The third-order valence-electron chi connectivity index (χ3n) is 2.89. The predicted octanol–water partition coefficient (Wildman–Crippen LogP) is 0.721. The molecule has 0 radical (unpaired) electrons. The topological polar surface area (TPSA) is 99.9 Å². The fourth-order valence-electron chi connectivity index (χ4n) is 1.61. The van der Waals surface area contributed by atoms with E-state index in [1.54, 1.807) is 13.0 Å². The minimum absolute atomic E-state index is 0.103. The summed E-state index contributed by atoms with van der Waals surface area (Å²) in [5, 5.41) is 11.2. The number of hydrogen-bond acceptors (Lipinski definition) is 4. The SMILES string of the molecule is CCC(C)N(CC(=O)O)C(=O)CNC(=O)c1ccco1. The van der Waals surface area contributed by atoms with E-state index >= 15 is 0 Å². The zero-order chi connectivity index (χ0) is 15.1. The molecule has 1 unspecified atom stereocenters. The minimum atomic E-state index is -1.09. The van der Waals surface area contributed by atoms with E-state index in [0.717, 1.165) is 0 Å². The van der Waals surface area contributed by atoms with Gasteiger partial charge in [-0.15, -0.1) is 0 Å². The number of rotatable bonds is 7. The molecule has 0 fully saturated rings. The molecule has 0 aliphatic carbocycles. The second-order valence-electron chi connectivity index (χ2n) is 4.33. The van der Waals surface area contributed by atoms with Crippen molar-refractivity contribution in [2.75, 3.05) is 13.1 Å². The van der Waals surface area contributed by atoms with Gasteiger partial charge in [-0.1, -0.05) is 6.92 Å². The summed E-state index contributed by atoms with van der Waals surface area (Å²) in [6, 6.07) is 2.83. The van der Waals surface area contributed by atoms with E-state index in [2.05, 4.69) is 5.32 Å². The van der Waals surface area contributed by atoms with E-state index in [4.69, 9.17) is 9.52 Å². The van der Waals surface area contributed by atoms with Gasteiger partial charge in [0.05, 0.1) is 12.8 Å². The molecule has 0 saturated heterocycles. The van der Waals surface area contributed by atoms with Gasteiger partial charge >= 0.3 is 5.97 Å². The molecule has 0 aromatic carbocycles. The quantitative estimate of drug-likeness (QED) is 0.767. The maximum Gasteiger partial charge on any atom is 0.323 e. The van der Waals surface area contributed by atoms with Gasteiger partial charge in [0.25, 0.3) is 5.91 Å². The van der Waals surface area contributed by atoms with Crippen molar-refractivity contribution in [1.82, 2.24) is 10.2 Å². The van der Waals surface area contributed by atoms with Gasteiger partial charge in [-0.25, -0.2) is 0 Å². The fraction of sp³-hybridized carbons (Fsp3) is 0.462. The van der Waals surface area contributed by atoms with Gasteiger partial charge < -0.3 is 19.7 Å². The molecule has 0 bridgehead atoms. The summed E-state index contributed by atoms with van der Waals surface area (Å²) in [6.45, 7) is 2.96. The van der Waals surface area contributed by atoms with Gasteiger partial charge in [0.15, 0.2) is 5.76 Å². The first-order valence-electron chi connectivity index (χ1n) is 6.28. The molecule has 20 heavy (non-hydrogen) atoms. The molecule has 1 atom stereocenters. The van der Waals surface area contributed by atoms with Crippen molar-refractivity contribution in [1.29, 1.82) is 0 Å². The predicted molar refractivity (Wildman–Crippen MR) is 70.1 cm³/mol. The summed E-state index contributed by atoms with van der Waals surface area (Å²) in [5.41, 5.74) is 0. The summed E-state index contributed by atoms with van der Waals surface area (Å²) >= 11 is 0. The fourth-order valence-corrected chi connectivity index (χ4v) is 1.61. The summed E-state index contributed by atoms with van der Waals surface area (Å²) in [6.07, 6.45) is 1.98. The Kier molecular flexibility index (Phi) is 5.76. The molecule has 2 amide bonds. The Hall–Kier alpha value is -2.31. The average molecular weight is 282 g/mol. The van der Waals surface area contributed by atoms with Crippen LogP contribution < -0.4 is 5.32 Å². The zero-order valence-electron chi connectivity index (χ0n) is 11.5. The Morgan fingerprint density at radius 1 is 1.45 bits per heavy atom. The molecule has 0 saturated carbocycles. The molecular formula is C13H18N2O5. The first-order valence-corrected chi connectivity index (χ1v) is 6.28. The maximum atomic E-state index is 12.0. The van der Waals surface area contributed by atoms with Crippen molar-refractivity contribution >= 4 is 17.8 Å². The van der Waals surface area contributed by atoms with E-state index in [0.29, 0.717) is 6.42 Å². The van der Waals surface area contributed by atoms with Crippen LogP contribution >= 0.6 is 0 Å². The number of furan rings is 1. The van der Waals surface area contributed by atoms with Crippen molar-refractivity contribution in [3.63, 3.8) is 0 Å². The van der Waals surface area contributed by atoms with Crippen LogP contribution in [0.2, 0.25) is 0 Å². The smallest absolute Gasteiger partial charge is 0.323 e. The number of amides is 2. The van der Waals surface area contributed by atoms with Gasteiger partial charge in [0.2, 0.25) is 5.91 Å². The van der Waals surface area contributed by atoms with Gasteiger partial charge in [0.1, 0.15) is 6.54 Å². The summed E-state index contributed by atoms with van der Waals surface area (Å²) in [4.78, 5) is 35.6. The standard InChI is InChI=1S/C13H18N2O5/c1-3-9(2)15(8-12(17)18)11(16)7-14-13(19)10-5-4-6-20-10/h4-6,9H,3,7-8H2,1-2H3,(H,14,19)(H,17,18). The molecule has 7 heteroatoms. The first-order chi connectivity index (χ1) is 9.45. The molecule has 0 spiro atoms. The average Bonchev–Trinajstić information content (AvgIpc) is 2.94. The Balaban J connectivity index is 2.57. The third-order valence-corrected chi connectivity index (χ3v) is 2.89. The van der Waals surface area contributed by atoms with Gasteiger partial charge in [-0.3, -0.25) is 14.4 Å². The number of nitrogens with zero attached hydrogens (tertiary/aromatic N) is 1. The van der Waals surface area contributed by atoms with Crippen molar-refractivity contribution < 1.29 is 23.9 Å². The minimum Gasteiger partial charge on any atom is -0.480 e. The van der Waals surface area contributed by atoms with Crippen LogP contribution in [0.15, 0.2) is 22.8 Å². The number of nitrogens with one attached hydrogen (secondary N) is 1. The zero-order valence-corrected chi connectivity index (χ0v) is 11.5. The normalized spacial score (nSPS) is 11.7. The molecule has 1 aromatic heterocycles. The van der Waals surface area contributed by atoms with E-state index < -0.39 is 17.8 Å². The molecule has 2 N–H and O–H groups in total. The van der Waals surface area contributed by atoms with E-state index in [-0.39, 0.29) is 24.9 Å². The lowest BCUT2D eigenvalue weighted by molar-refractivity contribution is -0.145. The second-order valence-corrected chi connectivity index (χ2v) is 4.33. The van der Waals surface area contributed by atoms with Crippen molar-refractivity contribution in [3.8, 4) is 0 Å². The van der Waals surface area contributed by atoms with Crippen LogP contribution in [0.1, 0.15) is 30.8 Å². The number of carbonyl (C=O) groups excluding carboxylic acids is 2. The molecule has 0 aliphatic rings. The molecule has 110 valence electrons. The number of carbonyl (C=O) groups is 3. The van der Waals surface area contributed by atoms with Crippen molar-refractivity contribution in [2.24, 2.45) is 0 Å². The maximum absolute atomic E-state index is 12.0. The van der Waals surface area contributed by atoms with Crippen LogP contribution in [0.4, 0.5) is 0 Å². The van der Waals surface area contributed by atoms with E-state index in [1.165, 1.54) is 17.2 Å². The number of aliphatic carboxylic acids is 1. The Labute approximate surface area is 116 Å². The Morgan fingerprint density at radius 2 is 2.15 bits per heavy atom. The van der Waals surface area contributed by atoms with Crippen LogP contribution in [-0.4, -0.2) is 46.9 Å². The number of hydrogen-bond donors (Lipinski definition) is 2. The van der Waals surface area contributed by atoms with Crippen LogP contribution in [0.3, 0.4) is 0 Å². The number of carboxylic acids is 1. The van der Waals surface area contributed by atoms with Crippen LogP contribution in [-0.2, 0) is 9.59 Å². The highest BCUT2D eigenvalue weighted by molar-refractivity contribution is 5.94. The highest BCUT2D eigenvalue weighted by atomic mass is 16.4. The van der Waals surface area contributed by atoms with Gasteiger partial charge in [-0.2, -0.15) is 0 Å². The lowest BCUT2D eigenvalue weighted by atomic mass is 10.2. The molecule has 1 rings (SSSR count). The van der Waals surface area contributed by atoms with E-state index in [1.807, 2.05) is 6.92 Å². The third kappa shape index (κ3) is 4.42. The number of carboxylic acid groups (broad SMARTS) is 1. The van der Waals surface area contributed by atoms with Crippen molar-refractivity contribution in [2.45, 2.75) is 26.3 Å². The van der Waals surface area contributed by atoms with Crippen molar-refractivity contribution in [3.05, 3.63) is 24.2 Å². The van der Waals surface area contributed by atoms with Crippen LogP contribution in [0.5, 0.6) is 0 Å². The molecular weight excluding hydrogens is 264 g/mol. The molecule has 1 heterocycles.